The van der Waals surface area contributed by atoms with E-state index in [1.165, 1.54) is 11.9 Å². The third kappa shape index (κ3) is 1.70. The van der Waals surface area contributed by atoms with Crippen molar-refractivity contribution < 1.29 is 14.3 Å². The van der Waals surface area contributed by atoms with Gasteiger partial charge in [-0.15, -0.1) is 0 Å². The predicted octanol–water partition coefficient (Wildman–Crippen LogP) is 0.0762. The number of aliphatic hydroxyl groups excluding tert-OH is 1. The number of nitrogens with one attached hydrogen (secondary N) is 1. The molecule has 0 aliphatic heterocycles. The van der Waals surface area contributed by atoms with Gasteiger partial charge in [-0.3, -0.25) is 9.78 Å². The number of amides is 1. The molecular formula is C10H10N2O4. The number of likely N-dealkylation sites (N-methyl/N-ethyl adjacent to an activating group) is 1. The van der Waals surface area contributed by atoms with Crippen LogP contribution >= 0.6 is 0 Å². The largest absolute Gasteiger partial charge is 0.417 e. The number of hydrogen-bond donors (Lipinski definition) is 2. The second-order valence-corrected chi connectivity index (χ2v) is 3.31. The summed E-state index contributed by atoms with van der Waals surface area (Å²) in [5.41, 5.74) is 1.49. The van der Waals surface area contributed by atoms with Gasteiger partial charge in [-0.1, -0.05) is 0 Å². The molecule has 6 nitrogen and oxygen atoms in total. The molecule has 0 aliphatic rings. The van der Waals surface area contributed by atoms with Gasteiger partial charge in [-0.25, -0.2) is 4.79 Å². The molecule has 1 amide bonds. The molecule has 2 rings (SSSR count). The zero-order valence-corrected chi connectivity index (χ0v) is 8.56. The number of nitrogens with zero attached hydrogens (tertiary/aromatic N) is 1. The fourth-order valence-corrected chi connectivity index (χ4v) is 1.39. The molecule has 0 saturated carbocycles. The molecule has 1 aromatic heterocycles. The van der Waals surface area contributed by atoms with Gasteiger partial charge >= 0.3 is 5.76 Å². The molecule has 0 bridgehead atoms. The van der Waals surface area contributed by atoms with Crippen molar-refractivity contribution in [2.45, 2.75) is 0 Å². The molecule has 1 aromatic carbocycles. The molecule has 0 unspecified atom stereocenters. The number of oxazole rings is 1. The van der Waals surface area contributed by atoms with Gasteiger partial charge in [0.2, 0.25) is 0 Å². The van der Waals surface area contributed by atoms with E-state index >= 15 is 0 Å². The SMILES string of the molecule is CN(C(=O)CO)c1ccc2[nH]c(=O)oc2c1. The topological polar surface area (TPSA) is 86.5 Å². The lowest BCUT2D eigenvalue weighted by atomic mass is 10.2. The molecule has 2 N–H and O–H groups in total. The molecule has 0 saturated heterocycles. The Bertz CT molecular complexity index is 584. The van der Waals surface area contributed by atoms with E-state index in [-0.39, 0.29) is 0 Å². The van der Waals surface area contributed by atoms with Crippen LogP contribution in [0.4, 0.5) is 5.69 Å². The van der Waals surface area contributed by atoms with Crippen LogP contribution < -0.4 is 10.7 Å². The van der Waals surface area contributed by atoms with Gasteiger partial charge in [0.1, 0.15) is 6.61 Å². The van der Waals surface area contributed by atoms with E-state index in [0.717, 1.165) is 0 Å². The predicted molar refractivity (Wildman–Crippen MR) is 57.3 cm³/mol. The minimum absolute atomic E-state index is 0.375. The van der Waals surface area contributed by atoms with Crippen LogP contribution in [-0.2, 0) is 4.79 Å². The van der Waals surface area contributed by atoms with Gasteiger partial charge < -0.3 is 14.4 Å². The summed E-state index contributed by atoms with van der Waals surface area (Å²) in [6.45, 7) is -0.564. The number of hydrogen-bond acceptors (Lipinski definition) is 4. The number of aromatic amines is 1. The second-order valence-electron chi connectivity index (χ2n) is 3.31. The van der Waals surface area contributed by atoms with E-state index in [1.54, 1.807) is 18.2 Å². The van der Waals surface area contributed by atoms with Crippen LogP contribution in [0.25, 0.3) is 11.1 Å². The first-order chi connectivity index (χ1) is 7.61. The first kappa shape index (κ1) is 10.4. The van der Waals surface area contributed by atoms with E-state index in [4.69, 9.17) is 9.52 Å². The molecule has 0 fully saturated rings. The number of aromatic nitrogens is 1. The van der Waals surface area contributed by atoms with Gasteiger partial charge in [-0.2, -0.15) is 0 Å². The average molecular weight is 222 g/mol. The van der Waals surface area contributed by atoms with E-state index in [1.807, 2.05) is 0 Å². The van der Waals surface area contributed by atoms with Crippen molar-refractivity contribution in [3.05, 3.63) is 28.7 Å². The van der Waals surface area contributed by atoms with E-state index in [0.29, 0.717) is 16.8 Å². The lowest BCUT2D eigenvalue weighted by Gasteiger charge is -2.15. The van der Waals surface area contributed by atoms with Crippen LogP contribution in [0.3, 0.4) is 0 Å². The first-order valence-electron chi connectivity index (χ1n) is 4.62. The quantitative estimate of drug-likeness (QED) is 0.753. The van der Waals surface area contributed by atoms with Gasteiger partial charge in [0.25, 0.3) is 5.91 Å². The number of benzene rings is 1. The second kappa shape index (κ2) is 3.82. The molecule has 84 valence electrons. The first-order valence-corrected chi connectivity index (χ1v) is 4.62. The maximum absolute atomic E-state index is 11.2. The number of carbonyl (C=O) groups excluding carboxylic acids is 1. The Morgan fingerprint density at radius 1 is 1.56 bits per heavy atom. The van der Waals surface area contributed by atoms with E-state index < -0.39 is 18.3 Å². The van der Waals surface area contributed by atoms with Gasteiger partial charge in [0.15, 0.2) is 5.58 Å². The van der Waals surface area contributed by atoms with Crippen LogP contribution in [0.5, 0.6) is 0 Å². The Kier molecular flexibility index (Phi) is 2.49. The van der Waals surface area contributed by atoms with Crippen LogP contribution in [0.15, 0.2) is 27.4 Å². The maximum Gasteiger partial charge on any atom is 0.417 e. The van der Waals surface area contributed by atoms with Gasteiger partial charge in [-0.05, 0) is 12.1 Å². The normalized spacial score (nSPS) is 10.6. The van der Waals surface area contributed by atoms with Crippen molar-refractivity contribution in [2.24, 2.45) is 0 Å². The van der Waals surface area contributed by atoms with Crippen LogP contribution in [0, 0.1) is 0 Å². The van der Waals surface area contributed by atoms with Crippen molar-refractivity contribution in [1.29, 1.82) is 0 Å². The Hall–Kier alpha value is -2.08. The third-order valence-electron chi connectivity index (χ3n) is 2.30. The zero-order chi connectivity index (χ0) is 11.7. The van der Waals surface area contributed by atoms with Crippen LogP contribution in [-0.4, -0.2) is 29.7 Å². The molecule has 0 spiro atoms. The van der Waals surface area contributed by atoms with Crippen molar-refractivity contribution in [1.82, 2.24) is 4.98 Å². The Morgan fingerprint density at radius 3 is 3.00 bits per heavy atom. The smallest absolute Gasteiger partial charge is 0.408 e. The molecule has 0 radical (unpaired) electrons. The van der Waals surface area contributed by atoms with Crippen LogP contribution in [0.1, 0.15) is 0 Å². The standard InChI is InChI=1S/C10H10N2O4/c1-12(9(14)5-13)6-2-3-7-8(4-6)16-10(15)11-7/h2-4,13H,5H2,1H3,(H,11,15). The minimum atomic E-state index is -0.564. The molecule has 2 aromatic rings. The summed E-state index contributed by atoms with van der Waals surface area (Å²) in [6.07, 6.45) is 0. The summed E-state index contributed by atoms with van der Waals surface area (Å²) in [7, 11) is 1.53. The molecule has 16 heavy (non-hydrogen) atoms. The summed E-state index contributed by atoms with van der Waals surface area (Å²) in [5, 5.41) is 8.71. The number of aliphatic hydroxyl groups is 1. The number of fused-ring (bicyclic) bond motifs is 1. The Balaban J connectivity index is 2.46. The summed E-state index contributed by atoms with van der Waals surface area (Å²) in [4.78, 5) is 25.9. The fourth-order valence-electron chi connectivity index (χ4n) is 1.39. The highest BCUT2D eigenvalue weighted by atomic mass is 16.4. The van der Waals surface area contributed by atoms with Crippen molar-refractivity contribution in [2.75, 3.05) is 18.6 Å². The lowest BCUT2D eigenvalue weighted by Crippen LogP contribution is -2.28. The average Bonchev–Trinajstić information content (AvgIpc) is 2.65. The number of rotatable bonds is 2. The molecule has 1 heterocycles. The van der Waals surface area contributed by atoms with E-state index in [2.05, 4.69) is 4.98 Å². The summed E-state index contributed by atoms with van der Waals surface area (Å²) < 4.78 is 4.86. The molecule has 0 atom stereocenters. The Labute approximate surface area is 90.1 Å². The van der Waals surface area contributed by atoms with Crippen LogP contribution in [0.2, 0.25) is 0 Å². The molecular weight excluding hydrogens is 212 g/mol. The highest BCUT2D eigenvalue weighted by molar-refractivity contribution is 5.95. The Morgan fingerprint density at radius 2 is 2.31 bits per heavy atom. The number of anilines is 1. The summed E-state index contributed by atoms with van der Waals surface area (Å²) in [5.74, 6) is -0.972. The maximum atomic E-state index is 11.2. The fraction of sp³-hybridized carbons (Fsp3) is 0.200. The van der Waals surface area contributed by atoms with Crippen molar-refractivity contribution >= 4 is 22.7 Å². The monoisotopic (exact) mass is 222 g/mol. The van der Waals surface area contributed by atoms with Crippen molar-refractivity contribution in [3.8, 4) is 0 Å². The summed E-state index contributed by atoms with van der Waals surface area (Å²) in [6, 6.07) is 4.85. The van der Waals surface area contributed by atoms with Gasteiger partial charge in [0.05, 0.1) is 5.52 Å². The molecule has 0 aliphatic carbocycles. The molecule has 6 heteroatoms. The van der Waals surface area contributed by atoms with Gasteiger partial charge in [0, 0.05) is 18.8 Å². The van der Waals surface area contributed by atoms with Crippen molar-refractivity contribution in [3.63, 3.8) is 0 Å². The summed E-state index contributed by atoms with van der Waals surface area (Å²) >= 11 is 0. The highest BCUT2D eigenvalue weighted by Crippen LogP contribution is 2.19. The van der Waals surface area contributed by atoms with E-state index in [9.17, 15) is 9.59 Å². The zero-order valence-electron chi connectivity index (χ0n) is 8.56. The number of H-pyrrole nitrogens is 1. The number of carbonyl (C=O) groups is 1. The third-order valence-corrected chi connectivity index (χ3v) is 2.30. The highest BCUT2D eigenvalue weighted by Gasteiger charge is 2.11. The lowest BCUT2D eigenvalue weighted by molar-refractivity contribution is -0.120. The minimum Gasteiger partial charge on any atom is -0.408 e.